The molecule has 2 aromatic heterocycles. The Morgan fingerprint density at radius 2 is 1.97 bits per heavy atom. The second-order valence-electron chi connectivity index (χ2n) is 9.60. The Hall–Kier alpha value is -3.88. The van der Waals surface area contributed by atoms with Gasteiger partial charge in [-0.05, 0) is 70.9 Å². The van der Waals surface area contributed by atoms with Crippen LogP contribution in [0.5, 0.6) is 11.6 Å². The van der Waals surface area contributed by atoms with Crippen molar-refractivity contribution in [3.8, 4) is 22.9 Å². The van der Waals surface area contributed by atoms with E-state index in [0.29, 0.717) is 42.0 Å². The molecule has 1 aromatic carbocycles. The maximum Gasteiger partial charge on any atom is 0.410 e. The first kappa shape index (κ1) is 24.3. The zero-order chi connectivity index (χ0) is 25.0. The highest BCUT2D eigenvalue weighted by Gasteiger charge is 2.28. The molecular weight excluding hydrogens is 444 g/mol. The van der Waals surface area contributed by atoms with Crippen LogP contribution < -0.4 is 15.8 Å². The first-order valence-corrected chi connectivity index (χ1v) is 11.8. The number of ether oxygens (including phenoxy) is 2. The molecule has 0 unspecified atom stereocenters. The number of carbonyl (C=O) groups excluding carboxylic acids is 1. The van der Waals surface area contributed by atoms with E-state index in [1.54, 1.807) is 17.3 Å². The second kappa shape index (κ2) is 10.2. The number of likely N-dealkylation sites (tertiary alicyclic amines) is 1. The Morgan fingerprint density at radius 1 is 1.14 bits per heavy atom. The summed E-state index contributed by atoms with van der Waals surface area (Å²) in [6, 6.07) is 11.1. The Labute approximate surface area is 205 Å². The smallest absolute Gasteiger partial charge is 0.410 e. The van der Waals surface area contributed by atoms with Gasteiger partial charge >= 0.3 is 6.09 Å². The Kier molecular flexibility index (Phi) is 7.04. The Morgan fingerprint density at radius 3 is 2.77 bits per heavy atom. The van der Waals surface area contributed by atoms with Crippen LogP contribution in [0.2, 0.25) is 0 Å². The van der Waals surface area contributed by atoms with E-state index in [0.717, 1.165) is 24.0 Å². The zero-order valence-corrected chi connectivity index (χ0v) is 20.6. The fourth-order valence-corrected chi connectivity index (χ4v) is 3.86. The summed E-state index contributed by atoms with van der Waals surface area (Å²) in [5, 5.41) is 3.38. The molecule has 0 radical (unpaired) electrons. The van der Waals surface area contributed by atoms with Crippen LogP contribution in [0.25, 0.3) is 11.3 Å². The zero-order valence-electron chi connectivity index (χ0n) is 20.6. The molecule has 1 aliphatic rings. The average Bonchev–Trinajstić information content (AvgIpc) is 2.82. The number of hydrogen-bond acceptors (Lipinski definition) is 8. The van der Waals surface area contributed by atoms with Crippen molar-refractivity contribution in [2.24, 2.45) is 0 Å². The van der Waals surface area contributed by atoms with Gasteiger partial charge in [0.2, 0.25) is 11.8 Å². The molecule has 0 bridgehead atoms. The van der Waals surface area contributed by atoms with Crippen LogP contribution in [0.1, 0.15) is 39.2 Å². The summed E-state index contributed by atoms with van der Waals surface area (Å²) >= 11 is 0. The van der Waals surface area contributed by atoms with Gasteiger partial charge in [-0.25, -0.2) is 19.7 Å². The minimum Gasteiger partial charge on any atom is -0.444 e. The largest absolute Gasteiger partial charge is 0.444 e. The van der Waals surface area contributed by atoms with Crippen LogP contribution in [0.4, 0.5) is 16.4 Å². The van der Waals surface area contributed by atoms with Gasteiger partial charge in [-0.15, -0.1) is 0 Å². The highest BCUT2D eigenvalue weighted by atomic mass is 16.6. The van der Waals surface area contributed by atoms with Crippen LogP contribution in [0, 0.1) is 6.92 Å². The fourth-order valence-electron chi connectivity index (χ4n) is 3.86. The molecule has 35 heavy (non-hydrogen) atoms. The molecular formula is C26H32N6O3. The van der Waals surface area contributed by atoms with Crippen LogP contribution in [0.3, 0.4) is 0 Å². The first-order chi connectivity index (χ1) is 16.7. The summed E-state index contributed by atoms with van der Waals surface area (Å²) in [6.07, 6.45) is 4.85. The van der Waals surface area contributed by atoms with Crippen molar-refractivity contribution in [3.05, 3.63) is 54.4 Å². The number of anilines is 2. The molecule has 1 atom stereocenters. The van der Waals surface area contributed by atoms with Gasteiger partial charge in [0.15, 0.2) is 0 Å². The molecule has 0 aliphatic carbocycles. The third-order valence-electron chi connectivity index (χ3n) is 5.64. The summed E-state index contributed by atoms with van der Waals surface area (Å²) in [7, 11) is 0. The van der Waals surface area contributed by atoms with Crippen molar-refractivity contribution in [2.45, 2.75) is 52.2 Å². The van der Waals surface area contributed by atoms with Gasteiger partial charge in [-0.3, -0.25) is 0 Å². The van der Waals surface area contributed by atoms with Gasteiger partial charge in [-0.1, -0.05) is 6.07 Å². The Balaban J connectivity index is 1.50. The lowest BCUT2D eigenvalue weighted by molar-refractivity contribution is 0.0206. The van der Waals surface area contributed by atoms with Gasteiger partial charge in [0.1, 0.15) is 11.4 Å². The van der Waals surface area contributed by atoms with E-state index in [2.05, 4.69) is 15.3 Å². The van der Waals surface area contributed by atoms with E-state index in [-0.39, 0.29) is 12.1 Å². The Bertz CT molecular complexity index is 1190. The van der Waals surface area contributed by atoms with Gasteiger partial charge in [0.25, 0.3) is 0 Å². The van der Waals surface area contributed by atoms with Gasteiger partial charge in [0, 0.05) is 42.8 Å². The van der Waals surface area contributed by atoms with Crippen LogP contribution in [-0.2, 0) is 4.74 Å². The second-order valence-corrected chi connectivity index (χ2v) is 9.60. The van der Waals surface area contributed by atoms with E-state index in [1.165, 1.54) is 0 Å². The molecule has 184 valence electrons. The number of benzene rings is 1. The number of amides is 1. The van der Waals surface area contributed by atoms with Crippen LogP contribution >= 0.6 is 0 Å². The lowest BCUT2D eigenvalue weighted by Crippen LogP contribution is -2.47. The molecule has 9 heteroatoms. The van der Waals surface area contributed by atoms with E-state index in [9.17, 15) is 4.79 Å². The quantitative estimate of drug-likeness (QED) is 0.493. The van der Waals surface area contributed by atoms with Crippen molar-refractivity contribution >= 4 is 17.7 Å². The third kappa shape index (κ3) is 6.17. The number of nitrogens with zero attached hydrogens (tertiary/aromatic N) is 4. The topological polar surface area (TPSA) is 115 Å². The molecule has 4 rings (SSSR count). The minimum atomic E-state index is -0.525. The first-order valence-electron chi connectivity index (χ1n) is 11.8. The molecule has 0 saturated carbocycles. The molecule has 3 heterocycles. The molecule has 3 N–H and O–H groups in total. The number of pyridine rings is 1. The SMILES string of the molecule is Cc1c(N)cccc1Oc1ncccc1-c1ccnc(N[C@H]2CCCN(C(=O)OC(C)(C)C)C2)n1. The van der Waals surface area contributed by atoms with Crippen LogP contribution in [-0.4, -0.2) is 50.7 Å². The van der Waals surface area contributed by atoms with Crippen molar-refractivity contribution in [1.29, 1.82) is 0 Å². The molecule has 0 spiro atoms. The van der Waals surface area contributed by atoms with E-state index < -0.39 is 5.60 Å². The molecule has 1 saturated heterocycles. The van der Waals surface area contributed by atoms with Crippen molar-refractivity contribution < 1.29 is 14.3 Å². The van der Waals surface area contributed by atoms with Gasteiger partial charge in [0.05, 0.1) is 11.3 Å². The molecule has 1 amide bonds. The number of nitrogens with two attached hydrogens (primary N) is 1. The minimum absolute atomic E-state index is 0.0195. The molecule has 3 aromatic rings. The highest BCUT2D eigenvalue weighted by Crippen LogP contribution is 2.33. The molecule has 1 fully saturated rings. The van der Waals surface area contributed by atoms with Crippen molar-refractivity contribution in [2.75, 3.05) is 24.1 Å². The lowest BCUT2D eigenvalue weighted by Gasteiger charge is -2.34. The number of piperidine rings is 1. The normalized spacial score (nSPS) is 16.0. The number of aromatic nitrogens is 3. The highest BCUT2D eigenvalue weighted by molar-refractivity contribution is 5.69. The fraction of sp³-hybridized carbons (Fsp3) is 0.385. The number of rotatable bonds is 5. The predicted molar refractivity (Wildman–Crippen MR) is 135 cm³/mol. The van der Waals surface area contributed by atoms with Crippen molar-refractivity contribution in [1.82, 2.24) is 19.9 Å². The van der Waals surface area contributed by atoms with E-state index >= 15 is 0 Å². The van der Waals surface area contributed by atoms with E-state index in [4.69, 9.17) is 20.2 Å². The number of nitrogen functional groups attached to an aromatic ring is 1. The monoisotopic (exact) mass is 476 g/mol. The van der Waals surface area contributed by atoms with Gasteiger partial charge in [-0.2, -0.15) is 0 Å². The van der Waals surface area contributed by atoms with E-state index in [1.807, 2.05) is 64.1 Å². The third-order valence-corrected chi connectivity index (χ3v) is 5.64. The summed E-state index contributed by atoms with van der Waals surface area (Å²) in [6.45, 7) is 8.72. The number of hydrogen-bond donors (Lipinski definition) is 2. The number of carbonyl (C=O) groups is 1. The van der Waals surface area contributed by atoms with Crippen molar-refractivity contribution in [3.63, 3.8) is 0 Å². The summed E-state index contributed by atoms with van der Waals surface area (Å²) < 4.78 is 11.6. The van der Waals surface area contributed by atoms with Gasteiger partial charge < -0.3 is 25.4 Å². The molecule has 1 aliphatic heterocycles. The standard InChI is InChI=1S/C26H32N6O3/c1-17-20(27)10-5-11-22(17)34-23-19(9-6-13-28-23)21-12-14-29-24(31-21)30-18-8-7-15-32(16-18)25(33)35-26(2,3)4/h5-6,9-14,18H,7-8,15-16,27H2,1-4H3,(H,29,30,31)/t18-/m0/s1. The lowest BCUT2D eigenvalue weighted by atomic mass is 10.1. The predicted octanol–water partition coefficient (Wildman–Crippen LogP) is 5.03. The maximum absolute atomic E-state index is 12.5. The number of nitrogens with one attached hydrogen (secondary N) is 1. The molecule has 9 nitrogen and oxygen atoms in total. The summed E-state index contributed by atoms with van der Waals surface area (Å²) in [5.74, 6) is 1.55. The maximum atomic E-state index is 12.5. The van der Waals surface area contributed by atoms with Crippen LogP contribution in [0.15, 0.2) is 48.8 Å². The summed E-state index contributed by atoms with van der Waals surface area (Å²) in [5.41, 5.74) is 8.41. The average molecular weight is 477 g/mol. The summed E-state index contributed by atoms with van der Waals surface area (Å²) in [4.78, 5) is 27.8.